The molecule has 0 fully saturated rings. The lowest BCUT2D eigenvalue weighted by Gasteiger charge is -2.08. The highest BCUT2D eigenvalue weighted by Crippen LogP contribution is 2.31. The number of nitrogens with two attached hydrogens (primary N) is 1. The second kappa shape index (κ2) is 9.71. The minimum atomic E-state index is -0.427. The Balaban J connectivity index is 0.00000126. The first kappa shape index (κ1) is 20.4. The second-order valence-electron chi connectivity index (χ2n) is 5.44. The van der Waals surface area contributed by atoms with Gasteiger partial charge in [0.05, 0.1) is 10.7 Å². The highest BCUT2D eigenvalue weighted by Gasteiger charge is 2.10. The average molecular weight is 383 g/mol. The lowest BCUT2D eigenvalue weighted by Crippen LogP contribution is -1.96. The maximum Gasteiger partial charge on any atom is 0.160 e. The van der Waals surface area contributed by atoms with Crippen molar-refractivity contribution in [2.24, 2.45) is 15.7 Å². The lowest BCUT2D eigenvalue weighted by molar-refractivity contribution is 0.632. The van der Waals surface area contributed by atoms with E-state index in [1.165, 1.54) is 13.1 Å². The minimum absolute atomic E-state index is 0.104. The molecular formula is C21H20ClFN4. The highest BCUT2D eigenvalue weighted by atomic mass is 35.5. The second-order valence-corrected chi connectivity index (χ2v) is 5.85. The summed E-state index contributed by atoms with van der Waals surface area (Å²) in [6.45, 7) is 5.49. The van der Waals surface area contributed by atoms with Gasteiger partial charge in [-0.3, -0.25) is 4.98 Å². The van der Waals surface area contributed by atoms with Crippen LogP contribution in [0.2, 0.25) is 5.02 Å². The largest absolute Gasteiger partial charge is 0.333 e. The van der Waals surface area contributed by atoms with E-state index in [9.17, 15) is 4.39 Å². The van der Waals surface area contributed by atoms with E-state index in [1.54, 1.807) is 24.5 Å². The molecule has 27 heavy (non-hydrogen) atoms. The van der Waals surface area contributed by atoms with Crippen molar-refractivity contribution in [2.45, 2.75) is 6.92 Å². The summed E-state index contributed by atoms with van der Waals surface area (Å²) in [5.74, 6) is 0.0570. The van der Waals surface area contributed by atoms with Crippen LogP contribution in [0.5, 0.6) is 0 Å². The zero-order chi connectivity index (χ0) is 19.8. The Kier molecular flexibility index (Phi) is 7.34. The van der Waals surface area contributed by atoms with Crippen molar-refractivity contribution in [1.82, 2.24) is 4.98 Å². The van der Waals surface area contributed by atoms with Gasteiger partial charge < -0.3 is 5.73 Å². The molecule has 1 heterocycles. The van der Waals surface area contributed by atoms with Gasteiger partial charge in [-0.1, -0.05) is 29.8 Å². The Morgan fingerprint density at radius 3 is 2.56 bits per heavy atom. The minimum Gasteiger partial charge on any atom is -0.333 e. The monoisotopic (exact) mass is 382 g/mol. The van der Waals surface area contributed by atoms with Crippen molar-refractivity contribution in [3.8, 4) is 11.1 Å². The maximum atomic E-state index is 14.2. The summed E-state index contributed by atoms with van der Waals surface area (Å²) in [7, 11) is 1.50. The van der Waals surface area contributed by atoms with Crippen LogP contribution in [0.25, 0.3) is 11.1 Å². The van der Waals surface area contributed by atoms with Gasteiger partial charge in [-0.25, -0.2) is 14.4 Å². The third-order valence-corrected chi connectivity index (χ3v) is 4.05. The van der Waals surface area contributed by atoms with Crippen LogP contribution in [0.1, 0.15) is 11.1 Å². The molecule has 3 aromatic rings. The summed E-state index contributed by atoms with van der Waals surface area (Å²) >= 11 is 5.87. The van der Waals surface area contributed by atoms with E-state index in [0.717, 1.165) is 22.4 Å². The molecule has 0 atom stereocenters. The quantitative estimate of drug-likeness (QED) is 0.499. The molecule has 0 radical (unpaired) electrons. The standard InChI is InChI=1S/C20H15ClFN3.CH5N/c1-13-11-14(16-6-3-7-17(21)19(16)22)8-9-18(13)25-20(23-2)15-5-4-10-24-12-15;1-2/h3-12H,2H2,1H3;2H2,1H3. The Hall–Kier alpha value is -2.89. The molecular weight excluding hydrogens is 363 g/mol. The molecule has 0 spiro atoms. The molecule has 1 aromatic heterocycles. The van der Waals surface area contributed by atoms with E-state index in [-0.39, 0.29) is 5.02 Å². The van der Waals surface area contributed by atoms with Crippen LogP contribution in [0.4, 0.5) is 10.1 Å². The fraction of sp³-hybridized carbons (Fsp3) is 0.0952. The summed E-state index contributed by atoms with van der Waals surface area (Å²) in [4.78, 5) is 12.6. The summed E-state index contributed by atoms with van der Waals surface area (Å²) in [6, 6.07) is 14.1. The number of benzene rings is 2. The fourth-order valence-corrected chi connectivity index (χ4v) is 2.65. The molecule has 0 aliphatic carbocycles. The van der Waals surface area contributed by atoms with Crippen molar-refractivity contribution in [2.75, 3.05) is 7.05 Å². The van der Waals surface area contributed by atoms with Crippen LogP contribution in [-0.4, -0.2) is 24.6 Å². The molecule has 0 saturated heterocycles. The molecule has 0 unspecified atom stereocenters. The number of pyridine rings is 1. The maximum absolute atomic E-state index is 14.2. The summed E-state index contributed by atoms with van der Waals surface area (Å²) in [6.07, 6.45) is 3.36. The van der Waals surface area contributed by atoms with Gasteiger partial charge >= 0.3 is 0 Å². The molecule has 3 rings (SSSR count). The van der Waals surface area contributed by atoms with Crippen molar-refractivity contribution >= 4 is 29.8 Å². The van der Waals surface area contributed by atoms with Crippen molar-refractivity contribution in [1.29, 1.82) is 0 Å². The van der Waals surface area contributed by atoms with Gasteiger partial charge in [0.1, 0.15) is 5.82 Å². The van der Waals surface area contributed by atoms with E-state index in [4.69, 9.17) is 11.6 Å². The number of aryl methyl sites for hydroxylation is 1. The smallest absolute Gasteiger partial charge is 0.160 e. The molecule has 0 aliphatic rings. The predicted octanol–water partition coefficient (Wildman–Crippen LogP) is 5.20. The number of halogens is 2. The molecule has 0 bridgehead atoms. The first-order chi connectivity index (χ1) is 13.1. The number of aliphatic imine (C=N–C) groups is 2. The lowest BCUT2D eigenvalue weighted by atomic mass is 10.0. The summed E-state index contributed by atoms with van der Waals surface area (Å²) in [5.41, 5.74) is 8.10. The van der Waals surface area contributed by atoms with Crippen molar-refractivity contribution in [3.05, 3.63) is 82.9 Å². The zero-order valence-corrected chi connectivity index (χ0v) is 15.9. The summed E-state index contributed by atoms with van der Waals surface area (Å²) < 4.78 is 14.2. The van der Waals surface area contributed by atoms with E-state index in [1.807, 2.05) is 37.3 Å². The molecule has 138 valence electrons. The molecule has 0 amide bonds. The van der Waals surface area contributed by atoms with Gasteiger partial charge in [0.15, 0.2) is 5.84 Å². The zero-order valence-electron chi connectivity index (χ0n) is 15.2. The van der Waals surface area contributed by atoms with E-state index in [2.05, 4.69) is 27.4 Å². The number of aromatic nitrogens is 1. The Labute approximate surface area is 163 Å². The first-order valence-corrected chi connectivity index (χ1v) is 8.56. The van der Waals surface area contributed by atoms with E-state index >= 15 is 0 Å². The fourth-order valence-electron chi connectivity index (χ4n) is 2.48. The van der Waals surface area contributed by atoms with Crippen LogP contribution in [0.3, 0.4) is 0 Å². The number of rotatable bonds is 3. The van der Waals surface area contributed by atoms with Gasteiger partial charge in [-0.05, 0) is 62.1 Å². The topological polar surface area (TPSA) is 63.6 Å². The highest BCUT2D eigenvalue weighted by molar-refractivity contribution is 6.31. The average Bonchev–Trinajstić information content (AvgIpc) is 2.71. The van der Waals surface area contributed by atoms with Gasteiger partial charge in [-0.2, -0.15) is 0 Å². The molecule has 2 N–H and O–H groups in total. The SMILES string of the molecule is C=NC(=Nc1ccc(-c2cccc(Cl)c2F)cc1C)c1cccnc1.CN. The number of hydrogen-bond acceptors (Lipinski definition) is 3. The van der Waals surface area contributed by atoms with Crippen LogP contribution in [0.15, 0.2) is 70.9 Å². The molecule has 0 aliphatic heterocycles. The van der Waals surface area contributed by atoms with Crippen LogP contribution in [-0.2, 0) is 0 Å². The Morgan fingerprint density at radius 1 is 1.15 bits per heavy atom. The Morgan fingerprint density at radius 2 is 1.93 bits per heavy atom. The van der Waals surface area contributed by atoms with Crippen molar-refractivity contribution < 1.29 is 4.39 Å². The predicted molar refractivity (Wildman–Crippen MR) is 112 cm³/mol. The van der Waals surface area contributed by atoms with Gasteiger partial charge in [0.25, 0.3) is 0 Å². The van der Waals surface area contributed by atoms with E-state index < -0.39 is 5.82 Å². The number of hydrogen-bond donors (Lipinski definition) is 1. The number of nitrogens with zero attached hydrogens (tertiary/aromatic N) is 3. The molecule has 0 saturated carbocycles. The van der Waals surface area contributed by atoms with Crippen LogP contribution < -0.4 is 5.73 Å². The Bertz CT molecular complexity index is 956. The van der Waals surface area contributed by atoms with Gasteiger partial charge in [0, 0.05) is 23.5 Å². The molecule has 4 nitrogen and oxygen atoms in total. The third kappa shape index (κ3) is 4.84. The molecule has 6 heteroatoms. The summed E-state index contributed by atoms with van der Waals surface area (Å²) in [5, 5.41) is 0.104. The van der Waals surface area contributed by atoms with Gasteiger partial charge in [0.2, 0.25) is 0 Å². The third-order valence-electron chi connectivity index (χ3n) is 3.76. The van der Waals surface area contributed by atoms with Gasteiger partial charge in [-0.15, -0.1) is 0 Å². The number of amidine groups is 1. The van der Waals surface area contributed by atoms with Crippen LogP contribution >= 0.6 is 11.6 Å². The molecule has 2 aromatic carbocycles. The normalized spacial score (nSPS) is 10.8. The van der Waals surface area contributed by atoms with Crippen LogP contribution in [0, 0.1) is 12.7 Å². The first-order valence-electron chi connectivity index (χ1n) is 8.18. The van der Waals surface area contributed by atoms with Crippen molar-refractivity contribution in [3.63, 3.8) is 0 Å². The van der Waals surface area contributed by atoms with E-state index in [0.29, 0.717) is 11.4 Å².